The molecule has 0 fully saturated rings. The van der Waals surface area contributed by atoms with Gasteiger partial charge in [-0.15, -0.1) is 0 Å². The predicted octanol–water partition coefficient (Wildman–Crippen LogP) is 1.69. The Morgan fingerprint density at radius 2 is 1.81 bits per heavy atom. The minimum Gasteiger partial charge on any atom is -0.346 e. The number of carbonyl (C=O) groups excluding carboxylic acids is 1. The predicted molar refractivity (Wildman–Crippen MR) is 56.0 cm³/mol. The molecule has 2 N–H and O–H groups in total. The Hall–Kier alpha value is -0.780. The Bertz CT molecular complexity index is 217. The molecule has 0 aliphatic heterocycles. The van der Waals surface area contributed by atoms with Crippen LogP contribution in [0.4, 0.5) is 13.2 Å². The molecule has 1 amide bonds. The molecule has 0 saturated heterocycles. The number of nitrogens with one attached hydrogen (secondary N) is 2. The number of rotatable bonds is 6. The highest BCUT2D eigenvalue weighted by atomic mass is 19.4. The summed E-state index contributed by atoms with van der Waals surface area (Å²) in [5.74, 6) is -0.126. The Labute approximate surface area is 93.8 Å². The fourth-order valence-corrected chi connectivity index (χ4v) is 1.02. The standard InChI is InChI=1S/C10H19F3N2O/c1-7(2)4-5-14-8(3)9(16)15-6-10(11,12)13/h7-8,14H,4-6H2,1-3H3,(H,15,16). The van der Waals surface area contributed by atoms with Crippen molar-refractivity contribution < 1.29 is 18.0 Å². The molecule has 0 aliphatic rings. The number of carbonyl (C=O) groups is 1. The molecular weight excluding hydrogens is 221 g/mol. The highest BCUT2D eigenvalue weighted by Gasteiger charge is 2.28. The van der Waals surface area contributed by atoms with E-state index in [-0.39, 0.29) is 0 Å². The zero-order chi connectivity index (χ0) is 12.8. The fraction of sp³-hybridized carbons (Fsp3) is 0.900. The van der Waals surface area contributed by atoms with Crippen LogP contribution in [0, 0.1) is 5.92 Å². The van der Waals surface area contributed by atoms with Crippen LogP contribution in [0.3, 0.4) is 0 Å². The maximum atomic E-state index is 11.8. The lowest BCUT2D eigenvalue weighted by molar-refractivity contribution is -0.139. The summed E-state index contributed by atoms with van der Waals surface area (Å²) in [5.41, 5.74) is 0. The van der Waals surface area contributed by atoms with Gasteiger partial charge in [0.05, 0.1) is 6.04 Å². The van der Waals surface area contributed by atoms with Crippen LogP contribution in [0.15, 0.2) is 0 Å². The van der Waals surface area contributed by atoms with Crippen molar-refractivity contribution in [1.82, 2.24) is 10.6 Å². The van der Waals surface area contributed by atoms with Crippen LogP contribution in [0.1, 0.15) is 27.2 Å². The van der Waals surface area contributed by atoms with Gasteiger partial charge in [0.15, 0.2) is 0 Å². The van der Waals surface area contributed by atoms with Crippen molar-refractivity contribution in [2.75, 3.05) is 13.1 Å². The largest absolute Gasteiger partial charge is 0.405 e. The van der Waals surface area contributed by atoms with Gasteiger partial charge >= 0.3 is 6.18 Å². The van der Waals surface area contributed by atoms with Crippen LogP contribution in [0.5, 0.6) is 0 Å². The van der Waals surface area contributed by atoms with E-state index in [9.17, 15) is 18.0 Å². The molecule has 0 rings (SSSR count). The Morgan fingerprint density at radius 1 is 1.25 bits per heavy atom. The second kappa shape index (κ2) is 6.73. The van der Waals surface area contributed by atoms with E-state index in [0.717, 1.165) is 6.42 Å². The lowest BCUT2D eigenvalue weighted by atomic mass is 10.1. The van der Waals surface area contributed by atoms with Gasteiger partial charge in [0.2, 0.25) is 5.91 Å². The first-order valence-electron chi connectivity index (χ1n) is 5.30. The third-order valence-corrected chi connectivity index (χ3v) is 2.03. The minimum absolute atomic E-state index is 0.498. The SMILES string of the molecule is CC(C)CCNC(C)C(=O)NCC(F)(F)F. The molecule has 96 valence electrons. The molecule has 0 aromatic heterocycles. The van der Waals surface area contributed by atoms with Gasteiger partial charge in [-0.05, 0) is 25.8 Å². The van der Waals surface area contributed by atoms with Crippen molar-refractivity contribution >= 4 is 5.91 Å². The molecule has 0 saturated carbocycles. The smallest absolute Gasteiger partial charge is 0.346 e. The Kier molecular flexibility index (Phi) is 6.40. The fourth-order valence-electron chi connectivity index (χ4n) is 1.02. The summed E-state index contributed by atoms with van der Waals surface area (Å²) in [4.78, 5) is 11.2. The zero-order valence-electron chi connectivity index (χ0n) is 9.82. The molecule has 0 radical (unpaired) electrons. The van der Waals surface area contributed by atoms with Crippen LogP contribution in [-0.4, -0.2) is 31.2 Å². The van der Waals surface area contributed by atoms with Gasteiger partial charge in [-0.3, -0.25) is 4.79 Å². The van der Waals surface area contributed by atoms with Gasteiger partial charge in [0.25, 0.3) is 0 Å². The van der Waals surface area contributed by atoms with Crippen LogP contribution < -0.4 is 10.6 Å². The van der Waals surface area contributed by atoms with E-state index in [1.54, 1.807) is 6.92 Å². The second-order valence-corrected chi connectivity index (χ2v) is 4.19. The quantitative estimate of drug-likeness (QED) is 0.741. The van der Waals surface area contributed by atoms with Gasteiger partial charge in [0, 0.05) is 0 Å². The molecule has 1 atom stereocenters. The Morgan fingerprint density at radius 3 is 2.25 bits per heavy atom. The maximum Gasteiger partial charge on any atom is 0.405 e. The third-order valence-electron chi connectivity index (χ3n) is 2.03. The molecular formula is C10H19F3N2O. The van der Waals surface area contributed by atoms with Crippen molar-refractivity contribution in [3.05, 3.63) is 0 Å². The lowest BCUT2D eigenvalue weighted by Gasteiger charge is -2.15. The maximum absolute atomic E-state index is 11.8. The summed E-state index contributed by atoms with van der Waals surface area (Å²) in [6.07, 6.45) is -3.47. The van der Waals surface area contributed by atoms with Crippen molar-refractivity contribution in [2.45, 2.75) is 39.4 Å². The third kappa shape index (κ3) is 8.52. The zero-order valence-corrected chi connectivity index (χ0v) is 9.82. The van der Waals surface area contributed by atoms with E-state index in [2.05, 4.69) is 5.32 Å². The average Bonchev–Trinajstić information content (AvgIpc) is 2.12. The topological polar surface area (TPSA) is 41.1 Å². The highest BCUT2D eigenvalue weighted by molar-refractivity contribution is 5.81. The summed E-state index contributed by atoms with van der Waals surface area (Å²) in [6, 6.07) is -0.596. The van der Waals surface area contributed by atoms with Crippen molar-refractivity contribution in [1.29, 1.82) is 0 Å². The van der Waals surface area contributed by atoms with E-state index in [1.165, 1.54) is 0 Å². The van der Waals surface area contributed by atoms with Crippen molar-refractivity contribution in [3.8, 4) is 0 Å². The summed E-state index contributed by atoms with van der Waals surface area (Å²) >= 11 is 0. The molecule has 0 spiro atoms. The number of alkyl halides is 3. The lowest BCUT2D eigenvalue weighted by Crippen LogP contribution is -2.45. The van der Waals surface area contributed by atoms with E-state index < -0.39 is 24.7 Å². The molecule has 6 heteroatoms. The van der Waals surface area contributed by atoms with Crippen molar-refractivity contribution in [3.63, 3.8) is 0 Å². The molecule has 0 heterocycles. The summed E-state index contributed by atoms with van der Waals surface area (Å²) in [7, 11) is 0. The molecule has 0 aromatic carbocycles. The number of amides is 1. The highest BCUT2D eigenvalue weighted by Crippen LogP contribution is 2.12. The van der Waals surface area contributed by atoms with E-state index in [1.807, 2.05) is 19.2 Å². The van der Waals surface area contributed by atoms with Gasteiger partial charge in [-0.2, -0.15) is 13.2 Å². The first-order valence-corrected chi connectivity index (χ1v) is 5.30. The molecule has 1 unspecified atom stereocenters. The molecule has 0 aromatic rings. The van der Waals surface area contributed by atoms with Gasteiger partial charge in [-0.25, -0.2) is 0 Å². The number of hydrogen-bond acceptors (Lipinski definition) is 2. The average molecular weight is 240 g/mol. The second-order valence-electron chi connectivity index (χ2n) is 4.19. The first kappa shape index (κ1) is 15.2. The summed E-state index contributed by atoms with van der Waals surface area (Å²) < 4.78 is 35.4. The molecule has 16 heavy (non-hydrogen) atoms. The van der Waals surface area contributed by atoms with Gasteiger partial charge in [0.1, 0.15) is 6.54 Å². The van der Waals surface area contributed by atoms with Gasteiger partial charge < -0.3 is 10.6 Å². The monoisotopic (exact) mass is 240 g/mol. The number of hydrogen-bond donors (Lipinski definition) is 2. The Balaban J connectivity index is 3.74. The van der Waals surface area contributed by atoms with Crippen molar-refractivity contribution in [2.24, 2.45) is 5.92 Å². The summed E-state index contributed by atoms with van der Waals surface area (Å²) in [6.45, 7) is 4.97. The van der Waals surface area contributed by atoms with Crippen LogP contribution in [-0.2, 0) is 4.79 Å². The van der Waals surface area contributed by atoms with Crippen LogP contribution in [0.25, 0.3) is 0 Å². The van der Waals surface area contributed by atoms with E-state index in [4.69, 9.17) is 0 Å². The first-order chi connectivity index (χ1) is 7.22. The van der Waals surface area contributed by atoms with Crippen LogP contribution >= 0.6 is 0 Å². The molecule has 3 nitrogen and oxygen atoms in total. The van der Waals surface area contributed by atoms with Gasteiger partial charge in [-0.1, -0.05) is 13.8 Å². The minimum atomic E-state index is -4.35. The number of halogens is 3. The van der Waals surface area contributed by atoms with E-state index in [0.29, 0.717) is 12.5 Å². The normalized spacial score (nSPS) is 13.9. The molecule has 0 bridgehead atoms. The van der Waals surface area contributed by atoms with Crippen LogP contribution in [0.2, 0.25) is 0 Å². The summed E-state index contributed by atoms with van der Waals surface area (Å²) in [5, 5.41) is 4.70. The van der Waals surface area contributed by atoms with E-state index >= 15 is 0 Å². The molecule has 0 aliphatic carbocycles.